The van der Waals surface area contributed by atoms with Crippen LogP contribution in [0.3, 0.4) is 0 Å². The Morgan fingerprint density at radius 2 is 1.82 bits per heavy atom. The first-order valence-electron chi connectivity index (χ1n) is 4.68. The fourth-order valence-corrected chi connectivity index (χ4v) is 1.91. The Balaban J connectivity index is 2.49. The fraction of sp³-hybridized carbons (Fsp3) is 1.00. The van der Waals surface area contributed by atoms with E-state index in [1.807, 2.05) is 0 Å². The summed E-state index contributed by atoms with van der Waals surface area (Å²) in [5.41, 5.74) is 0.531. The molecule has 1 nitrogen and oxygen atoms in total. The molecule has 1 aliphatic rings. The summed E-state index contributed by atoms with van der Waals surface area (Å²) in [4.78, 5) is 0. The molecule has 0 aromatic heterocycles. The summed E-state index contributed by atoms with van der Waals surface area (Å²) < 4.78 is 0. The van der Waals surface area contributed by atoms with E-state index in [4.69, 9.17) is 0 Å². The molecule has 1 N–H and O–H groups in total. The third-order valence-electron chi connectivity index (χ3n) is 3.20. The summed E-state index contributed by atoms with van der Waals surface area (Å²) in [6, 6.07) is 0.738. The summed E-state index contributed by atoms with van der Waals surface area (Å²) in [6.07, 6.45) is 0. The molecular formula is C10H21N. The molecule has 0 aliphatic carbocycles. The second-order valence-electron chi connectivity index (χ2n) is 4.95. The van der Waals surface area contributed by atoms with Crippen LogP contribution in [-0.4, -0.2) is 12.6 Å². The molecule has 1 fully saturated rings. The van der Waals surface area contributed by atoms with Gasteiger partial charge in [0, 0.05) is 12.6 Å². The van der Waals surface area contributed by atoms with Crippen molar-refractivity contribution in [2.75, 3.05) is 6.54 Å². The lowest BCUT2D eigenvalue weighted by molar-refractivity contribution is 0.0627. The Kier molecular flexibility index (Phi) is 2.29. The van der Waals surface area contributed by atoms with E-state index in [1.165, 1.54) is 6.54 Å². The number of hydrogen-bond acceptors (Lipinski definition) is 1. The van der Waals surface area contributed by atoms with Gasteiger partial charge in [-0.25, -0.2) is 0 Å². The minimum absolute atomic E-state index is 0.531. The average Bonchev–Trinajstić information content (AvgIpc) is 1.85. The van der Waals surface area contributed by atoms with Gasteiger partial charge in [0.05, 0.1) is 0 Å². The first-order chi connectivity index (χ1) is 4.95. The van der Waals surface area contributed by atoms with Gasteiger partial charge in [0.25, 0.3) is 0 Å². The van der Waals surface area contributed by atoms with Gasteiger partial charge in [-0.3, -0.25) is 0 Å². The summed E-state index contributed by atoms with van der Waals surface area (Å²) in [5, 5.41) is 3.52. The Labute approximate surface area is 70.6 Å². The lowest BCUT2D eigenvalue weighted by atomic mass is 9.69. The highest BCUT2D eigenvalue weighted by molar-refractivity contribution is 4.98. The molecule has 1 heteroatoms. The highest BCUT2D eigenvalue weighted by atomic mass is 15.0. The van der Waals surface area contributed by atoms with Crippen LogP contribution in [0, 0.1) is 17.3 Å². The van der Waals surface area contributed by atoms with E-state index in [2.05, 4.69) is 39.9 Å². The van der Waals surface area contributed by atoms with Gasteiger partial charge in [-0.1, -0.05) is 34.6 Å². The largest absolute Gasteiger partial charge is 0.313 e. The van der Waals surface area contributed by atoms with Crippen molar-refractivity contribution in [3.8, 4) is 0 Å². The molecule has 1 rings (SSSR count). The maximum Gasteiger partial charge on any atom is 0.0159 e. The van der Waals surface area contributed by atoms with E-state index >= 15 is 0 Å². The van der Waals surface area contributed by atoms with Gasteiger partial charge in [-0.15, -0.1) is 0 Å². The van der Waals surface area contributed by atoms with Crippen molar-refractivity contribution in [1.82, 2.24) is 5.32 Å². The maximum atomic E-state index is 3.52. The Hall–Kier alpha value is -0.0400. The van der Waals surface area contributed by atoms with Crippen LogP contribution < -0.4 is 5.32 Å². The SMILES string of the molecule is CC(C)C(C)C1NCC1(C)C. The molecule has 0 spiro atoms. The lowest BCUT2D eigenvalue weighted by Crippen LogP contribution is -2.62. The normalized spacial score (nSPS) is 31.6. The van der Waals surface area contributed by atoms with Crippen molar-refractivity contribution < 1.29 is 0 Å². The standard InChI is InChI=1S/C10H21N/c1-7(2)8(3)9-10(4,5)6-11-9/h7-9,11H,6H2,1-5H3. The van der Waals surface area contributed by atoms with Gasteiger partial charge < -0.3 is 5.32 Å². The molecule has 0 saturated carbocycles. The molecule has 2 atom stereocenters. The van der Waals surface area contributed by atoms with Gasteiger partial charge in [-0.2, -0.15) is 0 Å². The van der Waals surface area contributed by atoms with Gasteiger partial charge in [0.2, 0.25) is 0 Å². The predicted octanol–water partition coefficient (Wildman–Crippen LogP) is 2.28. The second-order valence-corrected chi connectivity index (χ2v) is 4.95. The summed E-state index contributed by atoms with van der Waals surface area (Å²) >= 11 is 0. The quantitative estimate of drug-likeness (QED) is 0.645. The Morgan fingerprint density at radius 1 is 1.27 bits per heavy atom. The second kappa shape index (κ2) is 2.78. The molecule has 0 amide bonds. The first-order valence-corrected chi connectivity index (χ1v) is 4.68. The zero-order chi connectivity index (χ0) is 8.65. The molecular weight excluding hydrogens is 134 g/mol. The molecule has 2 unspecified atom stereocenters. The fourth-order valence-electron chi connectivity index (χ4n) is 1.91. The van der Waals surface area contributed by atoms with E-state index in [-0.39, 0.29) is 0 Å². The van der Waals surface area contributed by atoms with Gasteiger partial charge in [0.15, 0.2) is 0 Å². The summed E-state index contributed by atoms with van der Waals surface area (Å²) in [7, 11) is 0. The molecule has 1 saturated heterocycles. The maximum absolute atomic E-state index is 3.52. The molecule has 11 heavy (non-hydrogen) atoms. The minimum Gasteiger partial charge on any atom is -0.313 e. The van der Waals surface area contributed by atoms with Crippen molar-refractivity contribution in [3.63, 3.8) is 0 Å². The van der Waals surface area contributed by atoms with Crippen LogP contribution >= 0.6 is 0 Å². The molecule has 0 bridgehead atoms. The molecule has 0 radical (unpaired) electrons. The van der Waals surface area contributed by atoms with Crippen LogP contribution in [-0.2, 0) is 0 Å². The highest BCUT2D eigenvalue weighted by Gasteiger charge is 2.41. The molecule has 0 aromatic rings. The summed E-state index contributed by atoms with van der Waals surface area (Å²) in [5.74, 6) is 1.60. The number of hydrogen-bond donors (Lipinski definition) is 1. The van der Waals surface area contributed by atoms with Gasteiger partial charge in [-0.05, 0) is 17.3 Å². The average molecular weight is 155 g/mol. The first kappa shape index (κ1) is 9.05. The zero-order valence-corrected chi connectivity index (χ0v) is 8.44. The monoisotopic (exact) mass is 155 g/mol. The third kappa shape index (κ3) is 1.58. The van der Waals surface area contributed by atoms with Crippen molar-refractivity contribution in [1.29, 1.82) is 0 Å². The summed E-state index contributed by atoms with van der Waals surface area (Å²) in [6.45, 7) is 12.9. The van der Waals surface area contributed by atoms with Gasteiger partial charge in [0.1, 0.15) is 0 Å². The van der Waals surface area contributed by atoms with Crippen LogP contribution in [0.4, 0.5) is 0 Å². The van der Waals surface area contributed by atoms with Gasteiger partial charge >= 0.3 is 0 Å². The van der Waals surface area contributed by atoms with Crippen molar-refractivity contribution in [2.45, 2.75) is 40.7 Å². The number of rotatable bonds is 2. The van der Waals surface area contributed by atoms with Crippen molar-refractivity contribution in [2.24, 2.45) is 17.3 Å². The molecule has 1 aliphatic heterocycles. The van der Waals surface area contributed by atoms with Crippen molar-refractivity contribution >= 4 is 0 Å². The Bertz CT molecular complexity index is 138. The van der Waals surface area contributed by atoms with Crippen LogP contribution in [0.15, 0.2) is 0 Å². The molecule has 1 heterocycles. The smallest absolute Gasteiger partial charge is 0.0159 e. The van der Waals surface area contributed by atoms with Crippen LogP contribution in [0.25, 0.3) is 0 Å². The lowest BCUT2D eigenvalue weighted by Gasteiger charge is -2.50. The van der Waals surface area contributed by atoms with Crippen LogP contribution in [0.5, 0.6) is 0 Å². The molecule has 0 aromatic carbocycles. The van der Waals surface area contributed by atoms with E-state index in [1.54, 1.807) is 0 Å². The van der Waals surface area contributed by atoms with E-state index in [9.17, 15) is 0 Å². The molecule has 66 valence electrons. The van der Waals surface area contributed by atoms with Crippen LogP contribution in [0.2, 0.25) is 0 Å². The van der Waals surface area contributed by atoms with E-state index in [0.717, 1.165) is 17.9 Å². The topological polar surface area (TPSA) is 12.0 Å². The van der Waals surface area contributed by atoms with Crippen LogP contribution in [0.1, 0.15) is 34.6 Å². The van der Waals surface area contributed by atoms with E-state index in [0.29, 0.717) is 5.41 Å². The highest BCUT2D eigenvalue weighted by Crippen LogP contribution is 2.35. The number of nitrogens with one attached hydrogen (secondary N) is 1. The zero-order valence-electron chi connectivity index (χ0n) is 8.44. The van der Waals surface area contributed by atoms with E-state index < -0.39 is 0 Å². The predicted molar refractivity (Wildman–Crippen MR) is 49.6 cm³/mol. The third-order valence-corrected chi connectivity index (χ3v) is 3.20. The van der Waals surface area contributed by atoms with Crippen molar-refractivity contribution in [3.05, 3.63) is 0 Å². The minimum atomic E-state index is 0.531. The Morgan fingerprint density at radius 3 is 1.91 bits per heavy atom.